The average molecular weight is 339 g/mol. The molecule has 0 saturated heterocycles. The first-order valence-electron chi connectivity index (χ1n) is 7.31. The maximum absolute atomic E-state index is 13.8. The molecule has 0 heterocycles. The van der Waals surface area contributed by atoms with Gasteiger partial charge in [0.1, 0.15) is 17.3 Å². The molecule has 1 aliphatic rings. The summed E-state index contributed by atoms with van der Waals surface area (Å²) in [6, 6.07) is 5.15. The van der Waals surface area contributed by atoms with Crippen LogP contribution < -0.4 is 4.72 Å². The van der Waals surface area contributed by atoms with Crippen LogP contribution in [0.15, 0.2) is 23.1 Å². The van der Waals surface area contributed by atoms with Gasteiger partial charge in [0, 0.05) is 11.6 Å². The molecule has 1 amide bonds. The van der Waals surface area contributed by atoms with E-state index >= 15 is 0 Å². The molecule has 0 unspecified atom stereocenters. The van der Waals surface area contributed by atoms with E-state index in [1.807, 2.05) is 10.8 Å². The molecule has 2 rings (SSSR count). The van der Waals surface area contributed by atoms with Crippen molar-refractivity contribution < 1.29 is 17.6 Å². The second-order valence-electron chi connectivity index (χ2n) is 5.38. The number of halogens is 1. The smallest absolute Gasteiger partial charge is 0.255 e. The van der Waals surface area contributed by atoms with Gasteiger partial charge in [-0.1, -0.05) is 12.8 Å². The van der Waals surface area contributed by atoms with E-state index in [-0.39, 0.29) is 18.2 Å². The van der Waals surface area contributed by atoms with Gasteiger partial charge in [0.05, 0.1) is 6.07 Å². The van der Waals surface area contributed by atoms with Crippen LogP contribution in [0, 0.1) is 17.1 Å². The van der Waals surface area contributed by atoms with Crippen molar-refractivity contribution >= 4 is 15.9 Å². The molecule has 1 aliphatic carbocycles. The molecule has 1 saturated carbocycles. The van der Waals surface area contributed by atoms with Crippen LogP contribution in [0.4, 0.5) is 4.39 Å². The first-order chi connectivity index (χ1) is 10.9. The lowest BCUT2D eigenvalue weighted by molar-refractivity contribution is 0.0709. The highest BCUT2D eigenvalue weighted by atomic mass is 32.2. The van der Waals surface area contributed by atoms with Crippen molar-refractivity contribution in [3.05, 3.63) is 29.6 Å². The second kappa shape index (κ2) is 7.06. The molecule has 0 atom stereocenters. The van der Waals surface area contributed by atoms with Crippen molar-refractivity contribution in [1.82, 2.24) is 9.62 Å². The summed E-state index contributed by atoms with van der Waals surface area (Å²) in [5, 5.41) is 8.95. The van der Waals surface area contributed by atoms with Crippen molar-refractivity contribution in [3.63, 3.8) is 0 Å². The van der Waals surface area contributed by atoms with Gasteiger partial charge in [0.2, 0.25) is 10.0 Å². The third-order valence-electron chi connectivity index (χ3n) is 4.00. The lowest BCUT2D eigenvalue weighted by Crippen LogP contribution is -2.39. The molecule has 0 aromatic heterocycles. The number of amides is 1. The van der Waals surface area contributed by atoms with Crippen LogP contribution in [-0.2, 0) is 10.0 Å². The highest BCUT2D eigenvalue weighted by Gasteiger charge is 2.28. The quantitative estimate of drug-likeness (QED) is 0.826. The largest absolute Gasteiger partial charge is 0.322 e. The van der Waals surface area contributed by atoms with Crippen molar-refractivity contribution in [3.8, 4) is 6.07 Å². The third kappa shape index (κ3) is 3.68. The number of hydrogen-bond donors (Lipinski definition) is 1. The summed E-state index contributed by atoms with van der Waals surface area (Å²) < 4.78 is 39.4. The Morgan fingerprint density at radius 1 is 1.43 bits per heavy atom. The van der Waals surface area contributed by atoms with Crippen molar-refractivity contribution in [1.29, 1.82) is 5.26 Å². The molecule has 1 aromatic rings. The van der Waals surface area contributed by atoms with Crippen molar-refractivity contribution in [2.45, 2.75) is 36.6 Å². The van der Waals surface area contributed by atoms with Gasteiger partial charge >= 0.3 is 0 Å². The molecule has 0 radical (unpaired) electrons. The van der Waals surface area contributed by atoms with Crippen molar-refractivity contribution in [2.75, 3.05) is 13.6 Å². The Labute approximate surface area is 135 Å². The second-order valence-corrected chi connectivity index (χ2v) is 7.24. The van der Waals surface area contributed by atoms with E-state index in [4.69, 9.17) is 5.26 Å². The lowest BCUT2D eigenvalue weighted by Gasteiger charge is -2.26. The van der Waals surface area contributed by atoms with Crippen LogP contribution in [-0.4, -0.2) is 38.9 Å². The Morgan fingerprint density at radius 2 is 2.09 bits per heavy atom. The van der Waals surface area contributed by atoms with E-state index in [2.05, 4.69) is 0 Å². The topological polar surface area (TPSA) is 90.3 Å². The molecule has 1 aromatic carbocycles. The fourth-order valence-corrected chi connectivity index (χ4v) is 3.60. The first kappa shape index (κ1) is 17.4. The molecular weight excluding hydrogens is 321 g/mol. The Balaban J connectivity index is 2.38. The minimum Gasteiger partial charge on any atom is -0.322 e. The predicted molar refractivity (Wildman–Crippen MR) is 81.6 cm³/mol. The molecule has 0 aliphatic heterocycles. The fraction of sp³-hybridized carbons (Fsp3) is 0.467. The van der Waals surface area contributed by atoms with E-state index in [0.29, 0.717) is 0 Å². The lowest BCUT2D eigenvalue weighted by atomic mass is 10.1. The van der Waals surface area contributed by atoms with Gasteiger partial charge in [-0.2, -0.15) is 5.26 Å². The molecule has 0 bridgehead atoms. The van der Waals surface area contributed by atoms with Crippen LogP contribution >= 0.6 is 0 Å². The Bertz CT molecular complexity index is 737. The molecule has 1 fully saturated rings. The number of nitrogens with one attached hydrogen (secondary N) is 1. The zero-order valence-corrected chi connectivity index (χ0v) is 13.6. The van der Waals surface area contributed by atoms with Crippen LogP contribution in [0.5, 0.6) is 0 Å². The molecule has 1 N–H and O–H groups in total. The number of nitrogens with zero attached hydrogens (tertiary/aromatic N) is 2. The number of carbonyl (C=O) groups is 1. The summed E-state index contributed by atoms with van der Waals surface area (Å²) in [4.78, 5) is 13.5. The third-order valence-corrected chi connectivity index (χ3v) is 5.43. The summed E-state index contributed by atoms with van der Waals surface area (Å²) >= 11 is 0. The molecule has 124 valence electrons. The number of benzene rings is 1. The highest BCUT2D eigenvalue weighted by Crippen LogP contribution is 2.25. The summed E-state index contributed by atoms with van der Waals surface area (Å²) in [5.41, 5.74) is 0.0578. The monoisotopic (exact) mass is 339 g/mol. The maximum Gasteiger partial charge on any atom is 0.255 e. The van der Waals surface area contributed by atoms with E-state index in [9.17, 15) is 17.6 Å². The Morgan fingerprint density at radius 3 is 2.65 bits per heavy atom. The minimum absolute atomic E-state index is 0.0310. The maximum atomic E-state index is 13.8. The Hall–Kier alpha value is -1.98. The van der Waals surface area contributed by atoms with Gasteiger partial charge in [0.25, 0.3) is 5.91 Å². The summed E-state index contributed by atoms with van der Waals surface area (Å²) in [6.45, 7) is -0.0744. The van der Waals surface area contributed by atoms with E-state index in [1.165, 1.54) is 18.0 Å². The van der Waals surface area contributed by atoms with Gasteiger partial charge in [-0.15, -0.1) is 0 Å². The molecule has 0 spiro atoms. The highest BCUT2D eigenvalue weighted by molar-refractivity contribution is 7.89. The van der Waals surface area contributed by atoms with Crippen LogP contribution in [0.2, 0.25) is 0 Å². The predicted octanol–water partition coefficient (Wildman–Crippen LogP) is 1.64. The average Bonchev–Trinajstić information content (AvgIpc) is 3.06. The number of carbonyl (C=O) groups excluding carboxylic acids is 1. The summed E-state index contributed by atoms with van der Waals surface area (Å²) in [6.07, 6.45) is 3.61. The summed E-state index contributed by atoms with van der Waals surface area (Å²) in [7, 11) is -2.83. The van der Waals surface area contributed by atoms with E-state index < -0.39 is 26.6 Å². The zero-order chi connectivity index (χ0) is 17.0. The van der Waals surface area contributed by atoms with Crippen LogP contribution in [0.3, 0.4) is 0 Å². The molecule has 8 heteroatoms. The molecule has 23 heavy (non-hydrogen) atoms. The van der Waals surface area contributed by atoms with Crippen LogP contribution in [0.25, 0.3) is 0 Å². The van der Waals surface area contributed by atoms with Gasteiger partial charge in [-0.3, -0.25) is 4.79 Å². The summed E-state index contributed by atoms with van der Waals surface area (Å²) in [5.74, 6) is -1.38. The minimum atomic E-state index is -4.00. The van der Waals surface area contributed by atoms with Gasteiger partial charge in [-0.05, 0) is 38.1 Å². The first-order valence-corrected chi connectivity index (χ1v) is 8.80. The molecular formula is C15H18FN3O3S. The fourth-order valence-electron chi connectivity index (χ4n) is 2.78. The zero-order valence-electron chi connectivity index (χ0n) is 12.8. The van der Waals surface area contributed by atoms with Crippen LogP contribution in [0.1, 0.15) is 36.0 Å². The SMILES string of the molecule is CNS(=O)(=O)c1cc(C(=O)N(CC#N)C2CCCC2)ccc1F. The number of nitriles is 1. The van der Waals surface area contributed by atoms with Gasteiger partial charge in [-0.25, -0.2) is 17.5 Å². The van der Waals surface area contributed by atoms with E-state index in [0.717, 1.165) is 37.8 Å². The molecule has 6 nitrogen and oxygen atoms in total. The standard InChI is InChI=1S/C15H18FN3O3S/c1-18-23(21,22)14-10-11(6-7-13(14)16)15(20)19(9-8-17)12-4-2-3-5-12/h6-7,10,12,18H,2-5,9H2,1H3. The van der Waals surface area contributed by atoms with Gasteiger partial charge < -0.3 is 4.90 Å². The van der Waals surface area contributed by atoms with E-state index in [1.54, 1.807) is 0 Å². The Kier molecular flexibility index (Phi) is 5.34. The number of rotatable bonds is 5. The normalized spacial score (nSPS) is 15.3. The number of sulfonamides is 1. The number of hydrogen-bond acceptors (Lipinski definition) is 4. The van der Waals surface area contributed by atoms with Gasteiger partial charge in [0.15, 0.2) is 0 Å². The van der Waals surface area contributed by atoms with Crippen molar-refractivity contribution in [2.24, 2.45) is 0 Å².